The van der Waals surface area contributed by atoms with Crippen LogP contribution in [0.3, 0.4) is 0 Å². The van der Waals surface area contributed by atoms with E-state index in [0.717, 1.165) is 47.5 Å². The quantitative estimate of drug-likeness (QED) is 0.298. The molecule has 2 N–H and O–H groups in total. The van der Waals surface area contributed by atoms with Gasteiger partial charge in [0.25, 0.3) is 0 Å². The Morgan fingerprint density at radius 3 is 2.62 bits per heavy atom. The van der Waals surface area contributed by atoms with Crippen molar-refractivity contribution in [3.05, 3.63) is 70.5 Å². The predicted octanol–water partition coefficient (Wildman–Crippen LogP) is 6.73. The third kappa shape index (κ3) is 5.11. The Bertz CT molecular complexity index is 1430. The number of aromatic nitrogens is 3. The number of nitrogens with zero attached hydrogens (tertiary/aromatic N) is 4. The van der Waals surface area contributed by atoms with Gasteiger partial charge in [0.15, 0.2) is 0 Å². The topological polar surface area (TPSA) is 60.1 Å². The van der Waals surface area contributed by atoms with Crippen LogP contribution in [0, 0.1) is 6.92 Å². The van der Waals surface area contributed by atoms with Crippen LogP contribution in [0.4, 0.5) is 11.6 Å². The van der Waals surface area contributed by atoms with Crippen LogP contribution in [0.5, 0.6) is 0 Å². The first kappa shape index (κ1) is 24.4. The normalized spacial score (nSPS) is 21.0. The van der Waals surface area contributed by atoms with Crippen molar-refractivity contribution >= 4 is 34.1 Å². The molecule has 0 radical (unpaired) electrons. The molecule has 1 saturated heterocycles. The lowest BCUT2D eigenvalue weighted by atomic mass is 10.0. The number of halogens is 1. The van der Waals surface area contributed by atoms with E-state index >= 15 is 0 Å². The summed E-state index contributed by atoms with van der Waals surface area (Å²) in [6.07, 6.45) is 6.21. The van der Waals surface area contributed by atoms with Gasteiger partial charge in [-0.1, -0.05) is 29.8 Å². The van der Waals surface area contributed by atoms with E-state index in [4.69, 9.17) is 16.6 Å². The number of fused-ring (bicyclic) bond motifs is 1. The van der Waals surface area contributed by atoms with Crippen LogP contribution in [-0.2, 0) is 6.54 Å². The van der Waals surface area contributed by atoms with Gasteiger partial charge in [0, 0.05) is 60.1 Å². The summed E-state index contributed by atoms with van der Waals surface area (Å²) >= 11 is 6.59. The lowest BCUT2D eigenvalue weighted by Gasteiger charge is -2.42. The molecule has 0 amide bonds. The minimum absolute atomic E-state index is 0.540. The SMILES string of the molecule is Cc1ccc2c(-c3nc(Nc4cc(CN5C[C@@H](C)N(C)[C@@H](C)C5)cc(C5CC5)c4)ncc3Cl)c[nH]c2c1. The number of anilines is 2. The maximum absolute atomic E-state index is 6.59. The fourth-order valence-corrected chi connectivity index (χ4v) is 5.81. The van der Waals surface area contributed by atoms with E-state index in [0.29, 0.717) is 29.0 Å². The van der Waals surface area contributed by atoms with Crippen LogP contribution in [0.1, 0.15) is 49.3 Å². The molecule has 1 saturated carbocycles. The molecule has 7 heteroatoms. The fraction of sp³-hybridized carbons (Fsp3) is 0.400. The number of hydrogen-bond donors (Lipinski definition) is 2. The first-order valence-electron chi connectivity index (χ1n) is 13.3. The number of rotatable bonds is 6. The van der Waals surface area contributed by atoms with Gasteiger partial charge in [-0.15, -0.1) is 0 Å². The highest BCUT2D eigenvalue weighted by molar-refractivity contribution is 6.33. The van der Waals surface area contributed by atoms with Crippen molar-refractivity contribution in [3.63, 3.8) is 0 Å². The Hall–Kier alpha value is -2.93. The van der Waals surface area contributed by atoms with E-state index in [2.05, 4.69) is 89.3 Å². The summed E-state index contributed by atoms with van der Waals surface area (Å²) in [4.78, 5) is 17.8. The molecule has 6 nitrogen and oxygen atoms in total. The molecule has 0 spiro atoms. The molecule has 0 unspecified atom stereocenters. The van der Waals surface area contributed by atoms with Crippen LogP contribution in [-0.4, -0.2) is 57.0 Å². The van der Waals surface area contributed by atoms with Gasteiger partial charge in [-0.3, -0.25) is 9.80 Å². The molecule has 1 aliphatic carbocycles. The zero-order valence-corrected chi connectivity index (χ0v) is 22.8. The molecule has 2 aromatic heterocycles. The summed E-state index contributed by atoms with van der Waals surface area (Å²) in [5, 5.41) is 5.14. The van der Waals surface area contributed by atoms with Crippen molar-refractivity contribution < 1.29 is 0 Å². The summed E-state index contributed by atoms with van der Waals surface area (Å²) in [5.41, 5.74) is 7.80. The first-order chi connectivity index (χ1) is 17.8. The Labute approximate surface area is 224 Å². The molecule has 3 heterocycles. The lowest BCUT2D eigenvalue weighted by Crippen LogP contribution is -2.54. The van der Waals surface area contributed by atoms with Crippen molar-refractivity contribution in [2.75, 3.05) is 25.5 Å². The summed E-state index contributed by atoms with van der Waals surface area (Å²) in [7, 11) is 2.24. The highest BCUT2D eigenvalue weighted by Crippen LogP contribution is 2.42. The smallest absolute Gasteiger partial charge is 0.227 e. The van der Waals surface area contributed by atoms with E-state index in [-0.39, 0.29) is 0 Å². The molecule has 2 aliphatic rings. The molecular weight excluding hydrogens is 480 g/mol. The fourth-order valence-electron chi connectivity index (χ4n) is 5.62. The Balaban J connectivity index is 1.28. The predicted molar refractivity (Wildman–Crippen MR) is 153 cm³/mol. The van der Waals surface area contributed by atoms with Gasteiger partial charge in [0.05, 0.1) is 16.9 Å². The van der Waals surface area contributed by atoms with E-state index in [1.54, 1.807) is 6.20 Å². The highest BCUT2D eigenvalue weighted by Gasteiger charge is 2.28. The van der Waals surface area contributed by atoms with Crippen LogP contribution in [0.2, 0.25) is 5.02 Å². The third-order valence-electron chi connectivity index (χ3n) is 8.00. The monoisotopic (exact) mass is 514 g/mol. The summed E-state index contributed by atoms with van der Waals surface area (Å²) in [6, 6.07) is 14.4. The molecule has 192 valence electrons. The summed E-state index contributed by atoms with van der Waals surface area (Å²) in [5.74, 6) is 1.23. The average molecular weight is 515 g/mol. The Kier molecular flexibility index (Phi) is 6.43. The van der Waals surface area contributed by atoms with Gasteiger partial charge >= 0.3 is 0 Å². The summed E-state index contributed by atoms with van der Waals surface area (Å²) in [6.45, 7) is 9.87. The largest absolute Gasteiger partial charge is 0.360 e. The van der Waals surface area contributed by atoms with Gasteiger partial charge in [0.1, 0.15) is 0 Å². The summed E-state index contributed by atoms with van der Waals surface area (Å²) < 4.78 is 0. The first-order valence-corrected chi connectivity index (χ1v) is 13.7. The van der Waals surface area contributed by atoms with E-state index in [9.17, 15) is 0 Å². The number of benzene rings is 2. The molecule has 4 aromatic rings. The molecule has 0 bridgehead atoms. The number of aromatic amines is 1. The van der Waals surface area contributed by atoms with Crippen LogP contribution >= 0.6 is 11.6 Å². The zero-order chi connectivity index (χ0) is 25.7. The Morgan fingerprint density at radius 1 is 1.08 bits per heavy atom. The van der Waals surface area contributed by atoms with Crippen molar-refractivity contribution in [1.82, 2.24) is 24.8 Å². The van der Waals surface area contributed by atoms with E-state index in [1.165, 1.54) is 29.5 Å². The molecule has 2 atom stereocenters. The van der Waals surface area contributed by atoms with Crippen LogP contribution in [0.15, 0.2) is 48.8 Å². The zero-order valence-electron chi connectivity index (χ0n) is 22.1. The van der Waals surface area contributed by atoms with Crippen LogP contribution in [0.25, 0.3) is 22.2 Å². The molecule has 1 aliphatic heterocycles. The van der Waals surface area contributed by atoms with Gasteiger partial charge in [-0.25, -0.2) is 9.97 Å². The van der Waals surface area contributed by atoms with Gasteiger partial charge < -0.3 is 10.3 Å². The lowest BCUT2D eigenvalue weighted by molar-refractivity contribution is 0.0556. The average Bonchev–Trinajstić information content (AvgIpc) is 3.64. The molecule has 2 aromatic carbocycles. The van der Waals surface area contributed by atoms with E-state index < -0.39 is 0 Å². The number of piperazine rings is 1. The second kappa shape index (κ2) is 9.75. The maximum atomic E-state index is 6.59. The van der Waals surface area contributed by atoms with Gasteiger partial charge in [-0.2, -0.15) is 0 Å². The minimum Gasteiger partial charge on any atom is -0.360 e. The van der Waals surface area contributed by atoms with Crippen molar-refractivity contribution in [2.24, 2.45) is 0 Å². The molecule has 37 heavy (non-hydrogen) atoms. The van der Waals surface area contributed by atoms with Crippen molar-refractivity contribution in [1.29, 1.82) is 0 Å². The number of aryl methyl sites for hydroxylation is 1. The van der Waals surface area contributed by atoms with Gasteiger partial charge in [0.2, 0.25) is 5.95 Å². The third-order valence-corrected chi connectivity index (χ3v) is 8.27. The molecule has 2 fully saturated rings. The number of H-pyrrole nitrogens is 1. The Morgan fingerprint density at radius 2 is 1.86 bits per heavy atom. The maximum Gasteiger partial charge on any atom is 0.227 e. The minimum atomic E-state index is 0.540. The number of nitrogens with one attached hydrogen (secondary N) is 2. The van der Waals surface area contributed by atoms with E-state index in [1.807, 2.05) is 6.20 Å². The standard InChI is InChI=1S/C30H35ClN6/c1-18-5-8-25-26(13-32-28(25)9-18)29-27(31)14-33-30(35-29)34-24-11-21(10-23(12-24)22-6-7-22)17-37-15-19(2)36(4)20(3)16-37/h5,8-14,19-20,22,32H,6-7,15-17H2,1-4H3,(H,33,34,35)/t19-,20+. The second-order valence-corrected chi connectivity index (χ2v) is 11.5. The number of likely N-dealkylation sites (N-methyl/N-ethyl adjacent to an activating group) is 1. The second-order valence-electron chi connectivity index (χ2n) is 11.1. The van der Waals surface area contributed by atoms with Crippen molar-refractivity contribution in [2.45, 2.75) is 58.2 Å². The highest BCUT2D eigenvalue weighted by atomic mass is 35.5. The van der Waals surface area contributed by atoms with Crippen molar-refractivity contribution in [3.8, 4) is 11.3 Å². The number of hydrogen-bond acceptors (Lipinski definition) is 5. The van der Waals surface area contributed by atoms with Crippen LogP contribution < -0.4 is 5.32 Å². The van der Waals surface area contributed by atoms with Gasteiger partial charge in [-0.05, 0) is 81.5 Å². The molecule has 6 rings (SSSR count). The molecular formula is C30H35ClN6.